The van der Waals surface area contributed by atoms with Gasteiger partial charge in [0.25, 0.3) is 0 Å². The Labute approximate surface area is 122 Å². The predicted octanol–water partition coefficient (Wildman–Crippen LogP) is 4.11. The van der Waals surface area contributed by atoms with Gasteiger partial charge in [0.05, 0.1) is 10.9 Å². The maximum absolute atomic E-state index is 10.7. The Morgan fingerprint density at radius 2 is 1.90 bits per heavy atom. The maximum atomic E-state index is 10.7. The number of carboxylic acid groups (broad SMARTS) is 1. The minimum atomic E-state index is -0.887. The van der Waals surface area contributed by atoms with Crippen LogP contribution in [0.15, 0.2) is 48.5 Å². The monoisotopic (exact) mass is 290 g/mol. The molecule has 0 aliphatic carbocycles. The average molecular weight is 291 g/mol. The molecule has 0 saturated heterocycles. The number of halogens is 1. The van der Waals surface area contributed by atoms with Gasteiger partial charge in [0.15, 0.2) is 0 Å². The number of carboxylic acids is 1. The van der Waals surface area contributed by atoms with Gasteiger partial charge in [0, 0.05) is 0 Å². The smallest absolute Gasteiger partial charge is 0.309 e. The zero-order valence-electron chi connectivity index (χ0n) is 11.0. The summed E-state index contributed by atoms with van der Waals surface area (Å²) in [5, 5.41) is 9.28. The number of ether oxygens (including phenoxy) is 1. The zero-order chi connectivity index (χ0) is 14.5. The second-order valence-electron chi connectivity index (χ2n) is 4.56. The molecule has 1 atom stereocenters. The molecule has 1 N–H and O–H groups in total. The number of carbonyl (C=O) groups is 1. The largest absolute Gasteiger partial charge is 0.491 e. The Morgan fingerprint density at radius 3 is 2.50 bits per heavy atom. The fourth-order valence-electron chi connectivity index (χ4n) is 1.71. The van der Waals surface area contributed by atoms with E-state index in [0.29, 0.717) is 10.8 Å². The van der Waals surface area contributed by atoms with Crippen molar-refractivity contribution in [2.24, 2.45) is 5.92 Å². The molecule has 0 bridgehead atoms. The van der Waals surface area contributed by atoms with Crippen LogP contribution in [0.2, 0.25) is 5.02 Å². The molecule has 0 saturated carbocycles. The summed E-state index contributed by atoms with van der Waals surface area (Å²) in [4.78, 5) is 10.7. The summed E-state index contributed by atoms with van der Waals surface area (Å²) in [7, 11) is 0. The van der Waals surface area contributed by atoms with E-state index in [4.69, 9.17) is 21.4 Å². The summed E-state index contributed by atoms with van der Waals surface area (Å²) >= 11 is 6.17. The molecule has 20 heavy (non-hydrogen) atoms. The number of hydrogen-bond acceptors (Lipinski definition) is 2. The number of rotatable bonds is 5. The van der Waals surface area contributed by atoms with Crippen molar-refractivity contribution in [3.05, 3.63) is 53.6 Å². The van der Waals surface area contributed by atoms with Crippen LogP contribution in [0.3, 0.4) is 0 Å². The molecule has 4 heteroatoms. The van der Waals surface area contributed by atoms with E-state index in [1.165, 1.54) is 0 Å². The highest BCUT2D eigenvalue weighted by molar-refractivity contribution is 6.32. The molecule has 0 aliphatic heterocycles. The van der Waals surface area contributed by atoms with Crippen LogP contribution in [0.5, 0.6) is 5.75 Å². The molecule has 0 aliphatic rings. The van der Waals surface area contributed by atoms with Gasteiger partial charge in [-0.15, -0.1) is 0 Å². The normalized spacial score (nSPS) is 11.9. The predicted molar refractivity (Wildman–Crippen MR) is 79.2 cm³/mol. The van der Waals surface area contributed by atoms with Crippen molar-refractivity contribution in [2.45, 2.75) is 6.92 Å². The average Bonchev–Trinajstić information content (AvgIpc) is 2.46. The molecule has 0 fully saturated rings. The van der Waals surface area contributed by atoms with Crippen LogP contribution in [-0.2, 0) is 4.79 Å². The van der Waals surface area contributed by atoms with Gasteiger partial charge in [-0.05, 0) is 30.2 Å². The van der Waals surface area contributed by atoms with E-state index < -0.39 is 11.9 Å². The second kappa shape index (κ2) is 6.44. The van der Waals surface area contributed by atoms with Crippen LogP contribution in [0.4, 0.5) is 0 Å². The van der Waals surface area contributed by atoms with Crippen molar-refractivity contribution >= 4 is 17.6 Å². The van der Waals surface area contributed by atoms with Gasteiger partial charge >= 0.3 is 5.97 Å². The molecule has 0 spiro atoms. The molecule has 0 aromatic heterocycles. The van der Waals surface area contributed by atoms with Gasteiger partial charge in [-0.25, -0.2) is 0 Å². The number of benzene rings is 2. The minimum absolute atomic E-state index is 0.0970. The van der Waals surface area contributed by atoms with E-state index in [2.05, 4.69) is 0 Å². The van der Waals surface area contributed by atoms with E-state index in [9.17, 15) is 4.79 Å². The van der Waals surface area contributed by atoms with E-state index in [0.717, 1.165) is 11.1 Å². The summed E-state index contributed by atoms with van der Waals surface area (Å²) in [6.45, 7) is 1.69. The first-order valence-corrected chi connectivity index (χ1v) is 6.66. The van der Waals surface area contributed by atoms with Crippen LogP contribution >= 0.6 is 11.6 Å². The fourth-order valence-corrected chi connectivity index (χ4v) is 1.95. The quantitative estimate of drug-likeness (QED) is 0.901. The Hall–Kier alpha value is -2.00. The van der Waals surface area contributed by atoms with Crippen LogP contribution < -0.4 is 4.74 Å². The lowest BCUT2D eigenvalue weighted by Gasteiger charge is -2.11. The van der Waals surface area contributed by atoms with E-state index in [1.54, 1.807) is 13.0 Å². The molecular formula is C16H15ClO3. The van der Waals surface area contributed by atoms with Crippen molar-refractivity contribution in [1.82, 2.24) is 0 Å². The SMILES string of the molecule is CC(COc1ccc(-c2ccccc2)cc1Cl)C(=O)O. The summed E-state index contributed by atoms with van der Waals surface area (Å²) in [6.07, 6.45) is 0. The molecule has 2 aromatic carbocycles. The van der Waals surface area contributed by atoms with Gasteiger partial charge in [0.1, 0.15) is 12.4 Å². The molecule has 0 radical (unpaired) electrons. The van der Waals surface area contributed by atoms with Crippen LogP contribution in [0, 0.1) is 5.92 Å². The maximum Gasteiger partial charge on any atom is 0.309 e. The number of aliphatic carboxylic acids is 1. The topological polar surface area (TPSA) is 46.5 Å². The molecule has 2 rings (SSSR count). The molecule has 0 amide bonds. The van der Waals surface area contributed by atoms with Crippen molar-refractivity contribution in [3.8, 4) is 16.9 Å². The Bertz CT molecular complexity index is 596. The lowest BCUT2D eigenvalue weighted by atomic mass is 10.1. The summed E-state index contributed by atoms with van der Waals surface area (Å²) in [5.74, 6) is -0.957. The molecule has 104 valence electrons. The highest BCUT2D eigenvalue weighted by Crippen LogP contribution is 2.30. The molecule has 3 nitrogen and oxygen atoms in total. The van der Waals surface area contributed by atoms with Crippen LogP contribution in [-0.4, -0.2) is 17.7 Å². The lowest BCUT2D eigenvalue weighted by Crippen LogP contribution is -2.18. The molecule has 2 aromatic rings. The van der Waals surface area contributed by atoms with Crippen molar-refractivity contribution in [2.75, 3.05) is 6.61 Å². The Morgan fingerprint density at radius 1 is 1.20 bits per heavy atom. The first-order valence-electron chi connectivity index (χ1n) is 6.28. The van der Waals surface area contributed by atoms with Crippen molar-refractivity contribution in [3.63, 3.8) is 0 Å². The Kier molecular flexibility index (Phi) is 4.64. The van der Waals surface area contributed by atoms with Gasteiger partial charge < -0.3 is 9.84 Å². The van der Waals surface area contributed by atoms with Crippen LogP contribution in [0.25, 0.3) is 11.1 Å². The van der Waals surface area contributed by atoms with E-state index >= 15 is 0 Å². The lowest BCUT2D eigenvalue weighted by molar-refractivity contribution is -0.142. The standard InChI is InChI=1S/C16H15ClO3/c1-11(16(18)19)10-20-15-8-7-13(9-14(15)17)12-5-3-2-4-6-12/h2-9,11H,10H2,1H3,(H,18,19). The van der Waals surface area contributed by atoms with E-state index in [-0.39, 0.29) is 6.61 Å². The van der Waals surface area contributed by atoms with Crippen molar-refractivity contribution < 1.29 is 14.6 Å². The third-order valence-corrected chi connectivity index (χ3v) is 3.24. The Balaban J connectivity index is 2.12. The highest BCUT2D eigenvalue weighted by atomic mass is 35.5. The zero-order valence-corrected chi connectivity index (χ0v) is 11.8. The third kappa shape index (κ3) is 3.52. The third-order valence-electron chi connectivity index (χ3n) is 2.95. The first-order chi connectivity index (χ1) is 9.58. The molecule has 1 unspecified atom stereocenters. The summed E-state index contributed by atoms with van der Waals surface area (Å²) in [5.41, 5.74) is 2.06. The van der Waals surface area contributed by atoms with Gasteiger partial charge in [0.2, 0.25) is 0 Å². The second-order valence-corrected chi connectivity index (χ2v) is 4.97. The van der Waals surface area contributed by atoms with Crippen LogP contribution in [0.1, 0.15) is 6.92 Å². The van der Waals surface area contributed by atoms with Gasteiger partial charge in [-0.3, -0.25) is 4.79 Å². The minimum Gasteiger partial charge on any atom is -0.491 e. The molecular weight excluding hydrogens is 276 g/mol. The van der Waals surface area contributed by atoms with Gasteiger partial charge in [-0.1, -0.05) is 48.0 Å². The van der Waals surface area contributed by atoms with E-state index in [1.807, 2.05) is 42.5 Å². The van der Waals surface area contributed by atoms with Crippen molar-refractivity contribution in [1.29, 1.82) is 0 Å². The summed E-state index contributed by atoms with van der Waals surface area (Å²) < 4.78 is 5.44. The van der Waals surface area contributed by atoms with Gasteiger partial charge in [-0.2, -0.15) is 0 Å². The fraction of sp³-hybridized carbons (Fsp3) is 0.188. The first kappa shape index (κ1) is 14.4. The summed E-state index contributed by atoms with van der Waals surface area (Å²) in [6, 6.07) is 15.4. The highest BCUT2D eigenvalue weighted by Gasteiger charge is 2.13. The number of hydrogen-bond donors (Lipinski definition) is 1. The molecule has 0 heterocycles.